The fraction of sp³-hybridized carbons (Fsp3) is 0.0112. The molecule has 0 aliphatic heterocycles. The number of hydrogen-bond donors (Lipinski definition) is 0. The lowest BCUT2D eigenvalue weighted by atomic mass is 9.95. The molecule has 0 aliphatic carbocycles. The summed E-state index contributed by atoms with van der Waals surface area (Å²) in [6, 6.07) is 31.7. The van der Waals surface area contributed by atoms with Crippen molar-refractivity contribution in [1.29, 1.82) is 0 Å². The van der Waals surface area contributed by atoms with Crippen molar-refractivity contribution in [3.8, 4) is 101 Å². The van der Waals surface area contributed by atoms with Crippen LogP contribution < -0.4 is 0 Å². The Morgan fingerprint density at radius 2 is 0.732 bits per heavy atom. The van der Waals surface area contributed by atoms with E-state index in [-0.39, 0.29) is 180 Å². The molecule has 0 aliphatic rings. The highest BCUT2D eigenvalue weighted by Crippen LogP contribution is 2.53. The van der Waals surface area contributed by atoms with Crippen molar-refractivity contribution < 1.29 is 41.7 Å². The van der Waals surface area contributed by atoms with Crippen LogP contribution in [0.1, 0.15) is 38.5 Å². The Morgan fingerprint density at radius 1 is 0.340 bits per heavy atom. The fourth-order valence-corrected chi connectivity index (χ4v) is 13.4. The molecule has 452 valence electrons. The Labute approximate surface area is 591 Å². The largest absolute Gasteiger partial charge is 0.455 e. The molecule has 8 nitrogen and oxygen atoms in total. The molecule has 0 saturated heterocycles. The Morgan fingerprint density at radius 3 is 1.19 bits per heavy atom. The van der Waals surface area contributed by atoms with E-state index in [1.807, 2.05) is 12.1 Å². The van der Waals surface area contributed by atoms with Crippen LogP contribution in [0.25, 0.3) is 194 Å². The normalized spacial score (nSPS) is 15.2. The molecule has 0 saturated carbocycles. The topological polar surface area (TPSA) is 79.2 Å². The molecule has 5 aromatic heterocycles. The summed E-state index contributed by atoms with van der Waals surface area (Å²) >= 11 is 0. The summed E-state index contributed by atoms with van der Waals surface area (Å²) in [5.74, 6) is 0.134. The van der Waals surface area contributed by atoms with Gasteiger partial charge in [-0.2, -0.15) is 0 Å². The van der Waals surface area contributed by atoms with E-state index in [1.54, 1.807) is 149 Å². The van der Waals surface area contributed by atoms with Gasteiger partial charge in [0.2, 0.25) is 0 Å². The molecule has 19 rings (SSSR count). The van der Waals surface area contributed by atoms with Crippen LogP contribution >= 0.6 is 0 Å². The number of rotatable bonds is 10. The lowest BCUT2D eigenvalue weighted by molar-refractivity contribution is 0.672. The minimum absolute atomic E-state index is 0.00335. The molecule has 0 unspecified atom stereocenters. The van der Waals surface area contributed by atoms with Gasteiger partial charge < -0.3 is 18.0 Å². The van der Waals surface area contributed by atoms with Gasteiger partial charge in [0.15, 0.2) is 23.2 Å². The van der Waals surface area contributed by atoms with Gasteiger partial charge in [0, 0.05) is 54.6 Å². The molecule has 14 aromatic carbocycles. The predicted octanol–water partition coefficient (Wildman–Crippen LogP) is 24.1. The van der Waals surface area contributed by atoms with Gasteiger partial charge in [0.1, 0.15) is 22.3 Å². The van der Waals surface area contributed by atoms with Crippen LogP contribution in [0.15, 0.2) is 318 Å². The Kier molecular flexibility index (Phi) is 8.32. The zero-order valence-electron chi connectivity index (χ0n) is 74.6. The molecule has 19 aromatic rings. The number of furan rings is 2. The smallest absolute Gasteiger partial charge is 0.197 e. The lowest BCUT2D eigenvalue weighted by Crippen LogP contribution is -2.10. The van der Waals surface area contributed by atoms with Gasteiger partial charge >= 0.3 is 0 Å². The molecule has 97 heavy (non-hydrogen) atoms. The van der Waals surface area contributed by atoms with Crippen LogP contribution in [-0.2, 0) is 0 Å². The number of benzene rings is 14. The fourth-order valence-electron chi connectivity index (χ4n) is 13.4. The summed E-state index contributed by atoms with van der Waals surface area (Å²) in [6.45, 7) is 11.1. The Balaban J connectivity index is 1.06. The van der Waals surface area contributed by atoms with E-state index in [4.69, 9.17) is 45.7 Å². The van der Waals surface area contributed by atoms with E-state index in [0.29, 0.717) is 38.2 Å². The van der Waals surface area contributed by atoms with Gasteiger partial charge in [-0.1, -0.05) is 236 Å². The van der Waals surface area contributed by atoms with E-state index >= 15 is 0 Å². The van der Waals surface area contributed by atoms with Gasteiger partial charge in [-0.15, -0.1) is 0 Å². The molecule has 0 radical (unpaired) electrons. The van der Waals surface area contributed by atoms with Gasteiger partial charge in [0.05, 0.1) is 83.7 Å². The first-order chi connectivity index (χ1) is 57.9. The summed E-state index contributed by atoms with van der Waals surface area (Å²) in [6.07, 6.45) is 0. The third-order valence-electron chi connectivity index (χ3n) is 17.6. The van der Waals surface area contributed by atoms with Gasteiger partial charge in [0.25, 0.3) is 0 Å². The third kappa shape index (κ3) is 9.02. The van der Waals surface area contributed by atoms with Crippen molar-refractivity contribution in [1.82, 2.24) is 24.1 Å². The molecule has 0 N–H and O–H groups in total. The third-order valence-corrected chi connectivity index (χ3v) is 17.6. The van der Waals surface area contributed by atoms with Gasteiger partial charge in [-0.3, -0.25) is 0 Å². The molecule has 0 atom stereocenters. The van der Waals surface area contributed by atoms with E-state index < -0.39 is 126 Å². The Bertz CT molecular complexity index is 7790. The molecule has 8 heteroatoms. The highest BCUT2D eigenvalue weighted by atomic mass is 16.3. The van der Waals surface area contributed by atoms with Crippen LogP contribution in [0.4, 0.5) is 5.69 Å². The summed E-state index contributed by atoms with van der Waals surface area (Å²) in [4.78, 5) is 20.1. The average molecular weight is 1260 g/mol. The van der Waals surface area contributed by atoms with Gasteiger partial charge in [-0.25, -0.2) is 19.8 Å². The van der Waals surface area contributed by atoms with E-state index in [1.165, 1.54) is 19.1 Å². The van der Waals surface area contributed by atoms with Crippen molar-refractivity contribution >= 4 is 93.2 Å². The number of aromatic nitrogens is 5. The van der Waals surface area contributed by atoms with Crippen LogP contribution in [0.5, 0.6) is 0 Å². The number of fused-ring (bicyclic) bond motifs is 14. The monoisotopic (exact) mass is 1260 g/mol. The summed E-state index contributed by atoms with van der Waals surface area (Å²) in [5, 5.41) is 2.59. The first-order valence-corrected chi connectivity index (χ1v) is 30.6. The van der Waals surface area contributed by atoms with Crippen LogP contribution in [0, 0.1) is 13.5 Å². The standard InChI is InChI=1S/C89H54N6O2/c1-54-33-35-58(36-34-54)65-40-48-79-69(50-65)67-42-46-77-82(86(67)97-79)71-52-63(56-23-11-4-12-24-56)38-44-75(71)95(77)84-80(59-27-15-6-16-28-59)73(90-2)53-72(89-92-87(60-29-17-7-18-30-60)91-88(93-89)61-31-19-8-20-32-61)83(84)94-74-43-37-62(55-21-9-3-10-22-55)51-70(74)81-76(94)45-41-66-68-49-64(57-25-13-5-14-26-57)39-47-78(68)96-85(66)81/h3-53H,1H3/i3D,4D,5D,6D,9D,10D,11D,12D,13D,14D,15D,16D,21D,22D,23D,24D,25D,26D,27D,28D,33D,34D,35D,36D. The molecule has 5 heterocycles. The molecular weight excluding hydrogens is 1190 g/mol. The zero-order chi connectivity index (χ0) is 85.1. The predicted molar refractivity (Wildman–Crippen MR) is 398 cm³/mol. The van der Waals surface area contributed by atoms with Crippen molar-refractivity contribution in [2.45, 2.75) is 6.92 Å². The second kappa shape index (κ2) is 22.2. The molecule has 0 bridgehead atoms. The lowest BCUT2D eigenvalue weighted by Gasteiger charge is -2.25. The van der Waals surface area contributed by atoms with E-state index in [2.05, 4.69) is 4.85 Å². The Hall–Kier alpha value is -13.2. The SMILES string of the molecule is [2H]c1c([2H])c([2H])c(-c2ccc3oc4c(ccc5c4c4cc(-c6c([2H])c([2H])c([2H])c([2H])c6[2H])ccc4n5-c4c(-c5nc(-c6ccccc6)nc(-c6ccccc6)n5)cc([N+]#[C-])c(-c5c([2H])c([2H])c([2H])c([2H])c5[2H])c4-n4c5ccc(-c6c([2H])c([2H])c([2H])c([2H])c6[2H])cc5c5c6oc7ccc(-c8c([2H])c([2H])c(C)c([2H])c8[2H])cc7c6ccc54)c3c2)c([2H])c1[2H]. The summed E-state index contributed by atoms with van der Waals surface area (Å²) in [7, 11) is 0. The number of hydrogen-bond acceptors (Lipinski definition) is 5. The molecule has 0 amide bonds. The van der Waals surface area contributed by atoms with Crippen molar-refractivity contribution in [2.24, 2.45) is 0 Å². The quantitative estimate of drug-likeness (QED) is 0.128. The van der Waals surface area contributed by atoms with E-state index in [9.17, 15) is 17.5 Å². The zero-order valence-corrected chi connectivity index (χ0v) is 50.6. The summed E-state index contributed by atoms with van der Waals surface area (Å²) in [5.41, 5.74) is 1.69. The minimum atomic E-state index is -0.799. The van der Waals surface area contributed by atoms with Crippen molar-refractivity contribution in [3.63, 3.8) is 0 Å². The molecular formula is C89H54N6O2. The first kappa shape index (κ1) is 36.3. The summed E-state index contributed by atoms with van der Waals surface area (Å²) < 4.78 is 237. The van der Waals surface area contributed by atoms with Crippen LogP contribution in [0.3, 0.4) is 0 Å². The van der Waals surface area contributed by atoms with Gasteiger partial charge in [-0.05, 0) is 136 Å². The highest BCUT2D eigenvalue weighted by molar-refractivity contribution is 6.27. The second-order valence-corrected chi connectivity index (χ2v) is 23.1. The maximum atomic E-state index is 10.1. The second-order valence-electron chi connectivity index (χ2n) is 23.1. The minimum Gasteiger partial charge on any atom is -0.455 e. The highest BCUT2D eigenvalue weighted by Gasteiger charge is 2.32. The molecule has 0 spiro atoms. The number of nitrogens with zero attached hydrogens (tertiary/aromatic N) is 6. The molecule has 0 fully saturated rings. The maximum Gasteiger partial charge on any atom is 0.197 e. The van der Waals surface area contributed by atoms with Crippen molar-refractivity contribution in [3.05, 3.63) is 326 Å². The first-order valence-electron chi connectivity index (χ1n) is 42.6. The van der Waals surface area contributed by atoms with Crippen molar-refractivity contribution in [2.75, 3.05) is 0 Å². The maximum absolute atomic E-state index is 10.1. The van der Waals surface area contributed by atoms with Crippen LogP contribution in [-0.4, -0.2) is 24.1 Å². The van der Waals surface area contributed by atoms with Crippen LogP contribution in [0.2, 0.25) is 0 Å². The van der Waals surface area contributed by atoms with E-state index in [0.717, 1.165) is 0 Å². The average Bonchev–Trinajstić information content (AvgIpc) is 1.54.